The van der Waals surface area contributed by atoms with Crippen LogP contribution in [0.2, 0.25) is 0 Å². The van der Waals surface area contributed by atoms with Crippen molar-refractivity contribution in [3.63, 3.8) is 0 Å². The Hall–Kier alpha value is -3.32. The maximum Gasteiger partial charge on any atom is 0.126 e. The van der Waals surface area contributed by atoms with E-state index in [1.807, 2.05) is 48.5 Å². The zero-order chi connectivity index (χ0) is 16.6. The molecule has 118 valence electrons. The van der Waals surface area contributed by atoms with Crippen molar-refractivity contribution in [2.75, 3.05) is 5.32 Å². The van der Waals surface area contributed by atoms with Crippen LogP contribution in [-0.4, -0.2) is 4.98 Å². The Morgan fingerprint density at radius 3 is 2.38 bits per heavy atom. The normalized spacial score (nSPS) is 9.96. The number of hydrogen-bond acceptors (Lipinski definition) is 4. The Morgan fingerprint density at radius 2 is 1.67 bits per heavy atom. The fourth-order valence-electron chi connectivity index (χ4n) is 2.30. The maximum atomic E-state index is 8.80. The van der Waals surface area contributed by atoms with Crippen molar-refractivity contribution >= 4 is 5.82 Å². The number of rotatable bonds is 6. The third kappa shape index (κ3) is 4.11. The molecule has 3 rings (SSSR count). The minimum absolute atomic E-state index is 0.517. The van der Waals surface area contributed by atoms with Gasteiger partial charge in [-0.25, -0.2) is 4.98 Å². The van der Waals surface area contributed by atoms with E-state index in [4.69, 9.17) is 10.00 Å². The molecule has 3 aromatic rings. The van der Waals surface area contributed by atoms with E-state index in [9.17, 15) is 0 Å². The van der Waals surface area contributed by atoms with Crippen molar-refractivity contribution in [1.29, 1.82) is 5.26 Å². The number of benzene rings is 2. The second-order valence-electron chi connectivity index (χ2n) is 5.27. The van der Waals surface area contributed by atoms with Crippen LogP contribution >= 0.6 is 0 Å². The molecule has 0 radical (unpaired) electrons. The summed E-state index contributed by atoms with van der Waals surface area (Å²) in [5.74, 6) is 1.60. The highest BCUT2D eigenvalue weighted by Crippen LogP contribution is 2.16. The number of pyridine rings is 1. The lowest BCUT2D eigenvalue weighted by Crippen LogP contribution is -2.06. The van der Waals surface area contributed by atoms with Gasteiger partial charge in [0.05, 0.1) is 5.56 Å². The molecule has 0 aliphatic heterocycles. The Balaban J connectivity index is 1.64. The van der Waals surface area contributed by atoms with Crippen LogP contribution in [0.25, 0.3) is 0 Å². The number of aromatic nitrogens is 1. The van der Waals surface area contributed by atoms with Gasteiger partial charge in [0.2, 0.25) is 0 Å². The van der Waals surface area contributed by atoms with Crippen LogP contribution in [0.1, 0.15) is 16.7 Å². The summed E-state index contributed by atoms with van der Waals surface area (Å²) in [6.07, 6.45) is 1.56. The molecule has 0 bridgehead atoms. The SMILES string of the molecule is N#Cc1ccc(NCc2ccccc2COc2ccccc2)nc1. The van der Waals surface area contributed by atoms with Crippen molar-refractivity contribution < 1.29 is 4.74 Å². The van der Waals surface area contributed by atoms with Gasteiger partial charge >= 0.3 is 0 Å². The first-order valence-electron chi connectivity index (χ1n) is 7.70. The van der Waals surface area contributed by atoms with Gasteiger partial charge in [0.25, 0.3) is 0 Å². The summed E-state index contributed by atoms with van der Waals surface area (Å²) in [6, 6.07) is 23.5. The molecule has 4 heteroatoms. The van der Waals surface area contributed by atoms with E-state index < -0.39 is 0 Å². The number of hydrogen-bond donors (Lipinski definition) is 1. The molecule has 0 aliphatic carbocycles. The van der Waals surface area contributed by atoms with Crippen LogP contribution in [0.3, 0.4) is 0 Å². The highest BCUT2D eigenvalue weighted by molar-refractivity contribution is 5.40. The van der Waals surface area contributed by atoms with Crippen LogP contribution in [-0.2, 0) is 13.2 Å². The van der Waals surface area contributed by atoms with E-state index in [0.717, 1.165) is 22.7 Å². The summed E-state index contributed by atoms with van der Waals surface area (Å²) < 4.78 is 5.84. The topological polar surface area (TPSA) is 57.9 Å². The largest absolute Gasteiger partial charge is 0.489 e. The fraction of sp³-hybridized carbons (Fsp3) is 0.100. The van der Waals surface area contributed by atoms with E-state index >= 15 is 0 Å². The number of nitrogens with zero attached hydrogens (tertiary/aromatic N) is 2. The Labute approximate surface area is 141 Å². The van der Waals surface area contributed by atoms with Crippen molar-refractivity contribution in [2.45, 2.75) is 13.2 Å². The molecule has 2 aromatic carbocycles. The number of ether oxygens (including phenoxy) is 1. The Morgan fingerprint density at radius 1 is 0.917 bits per heavy atom. The molecule has 1 heterocycles. The molecular weight excluding hydrogens is 298 g/mol. The van der Waals surface area contributed by atoms with Gasteiger partial charge in [-0.2, -0.15) is 5.26 Å². The minimum Gasteiger partial charge on any atom is -0.489 e. The van der Waals surface area contributed by atoms with Crippen LogP contribution in [0.4, 0.5) is 5.82 Å². The second-order valence-corrected chi connectivity index (χ2v) is 5.27. The quantitative estimate of drug-likeness (QED) is 0.742. The van der Waals surface area contributed by atoms with Crippen molar-refractivity contribution in [1.82, 2.24) is 4.98 Å². The van der Waals surface area contributed by atoms with Crippen LogP contribution in [0.15, 0.2) is 72.9 Å². The molecule has 0 saturated heterocycles. The smallest absolute Gasteiger partial charge is 0.126 e. The Bertz CT molecular complexity index is 824. The van der Waals surface area contributed by atoms with Crippen LogP contribution < -0.4 is 10.1 Å². The molecule has 0 aliphatic rings. The molecule has 0 amide bonds. The van der Waals surface area contributed by atoms with Gasteiger partial charge in [-0.15, -0.1) is 0 Å². The van der Waals surface area contributed by atoms with E-state index in [2.05, 4.69) is 28.5 Å². The standard InChI is InChI=1S/C20H17N3O/c21-12-16-10-11-20(22-13-16)23-14-17-6-4-5-7-18(17)15-24-19-8-2-1-3-9-19/h1-11,13H,14-15H2,(H,22,23). The maximum absolute atomic E-state index is 8.80. The summed E-state index contributed by atoms with van der Waals surface area (Å²) >= 11 is 0. The molecule has 0 spiro atoms. The van der Waals surface area contributed by atoms with Gasteiger partial charge < -0.3 is 10.1 Å². The number of para-hydroxylation sites is 1. The van der Waals surface area contributed by atoms with Gasteiger partial charge in [0, 0.05) is 12.7 Å². The van der Waals surface area contributed by atoms with Gasteiger partial charge in [0.15, 0.2) is 0 Å². The van der Waals surface area contributed by atoms with E-state index in [-0.39, 0.29) is 0 Å². The molecule has 0 fully saturated rings. The van der Waals surface area contributed by atoms with Gasteiger partial charge in [-0.3, -0.25) is 0 Å². The van der Waals surface area contributed by atoms with E-state index in [0.29, 0.717) is 18.7 Å². The van der Waals surface area contributed by atoms with Crippen molar-refractivity contribution in [3.8, 4) is 11.8 Å². The van der Waals surface area contributed by atoms with Gasteiger partial charge in [-0.1, -0.05) is 42.5 Å². The third-order valence-electron chi connectivity index (χ3n) is 3.61. The minimum atomic E-state index is 0.517. The molecule has 4 nitrogen and oxygen atoms in total. The third-order valence-corrected chi connectivity index (χ3v) is 3.61. The Kier molecular flexibility index (Phi) is 5.06. The lowest BCUT2D eigenvalue weighted by molar-refractivity contribution is 0.305. The highest BCUT2D eigenvalue weighted by Gasteiger charge is 2.04. The summed E-state index contributed by atoms with van der Waals surface area (Å²) in [5, 5.41) is 12.1. The average Bonchev–Trinajstić information content (AvgIpc) is 2.66. The average molecular weight is 315 g/mol. The van der Waals surface area contributed by atoms with E-state index in [1.165, 1.54) is 0 Å². The molecule has 1 aromatic heterocycles. The lowest BCUT2D eigenvalue weighted by Gasteiger charge is -2.12. The van der Waals surface area contributed by atoms with Crippen molar-refractivity contribution in [3.05, 3.63) is 89.6 Å². The zero-order valence-corrected chi connectivity index (χ0v) is 13.1. The molecule has 1 N–H and O–H groups in total. The highest BCUT2D eigenvalue weighted by atomic mass is 16.5. The summed E-state index contributed by atoms with van der Waals surface area (Å²) in [6.45, 7) is 1.16. The van der Waals surface area contributed by atoms with Crippen LogP contribution in [0.5, 0.6) is 5.75 Å². The molecule has 24 heavy (non-hydrogen) atoms. The zero-order valence-electron chi connectivity index (χ0n) is 13.1. The van der Waals surface area contributed by atoms with Crippen molar-refractivity contribution in [2.24, 2.45) is 0 Å². The molecule has 0 atom stereocenters. The van der Waals surface area contributed by atoms with Gasteiger partial charge in [-0.05, 0) is 35.4 Å². The number of anilines is 1. The summed E-state index contributed by atoms with van der Waals surface area (Å²) in [5.41, 5.74) is 2.83. The molecule has 0 saturated carbocycles. The second kappa shape index (κ2) is 7.80. The molecule has 0 unspecified atom stereocenters. The van der Waals surface area contributed by atoms with Crippen LogP contribution in [0, 0.1) is 11.3 Å². The summed E-state index contributed by atoms with van der Waals surface area (Å²) in [7, 11) is 0. The lowest BCUT2D eigenvalue weighted by atomic mass is 10.1. The van der Waals surface area contributed by atoms with E-state index in [1.54, 1.807) is 12.3 Å². The predicted molar refractivity (Wildman–Crippen MR) is 93.5 cm³/mol. The number of nitriles is 1. The first kappa shape index (κ1) is 15.6. The monoisotopic (exact) mass is 315 g/mol. The number of nitrogens with one attached hydrogen (secondary N) is 1. The molecular formula is C20H17N3O. The first-order chi connectivity index (χ1) is 11.8. The first-order valence-corrected chi connectivity index (χ1v) is 7.70. The summed E-state index contributed by atoms with van der Waals surface area (Å²) in [4.78, 5) is 4.22. The predicted octanol–water partition coefficient (Wildman–Crippen LogP) is 4.14. The fourth-order valence-corrected chi connectivity index (χ4v) is 2.30. The van der Waals surface area contributed by atoms with Gasteiger partial charge in [0.1, 0.15) is 24.2 Å².